The van der Waals surface area contributed by atoms with Gasteiger partial charge in [-0.15, -0.1) is 0 Å². The number of hydrogen-bond donors (Lipinski definition) is 1. The molecule has 2 aromatic carbocycles. The second-order valence-corrected chi connectivity index (χ2v) is 11.5. The average molecular weight is 502 g/mol. The molecule has 0 aliphatic carbocycles. The predicted molar refractivity (Wildman–Crippen MR) is 126 cm³/mol. The molecule has 1 aromatic heterocycles. The SMILES string of the molecule is C[n+]1c(C=C2Sc3ccc(Cl)cc3N2CCCCS(=O)(=O)O)sc2ccc(Cl)cc21. The van der Waals surface area contributed by atoms with E-state index in [0.717, 1.165) is 30.8 Å². The molecule has 0 radical (unpaired) electrons. The molecule has 10 heteroatoms. The Kier molecular flexibility index (Phi) is 6.35. The van der Waals surface area contributed by atoms with Crippen molar-refractivity contribution < 1.29 is 17.5 Å². The summed E-state index contributed by atoms with van der Waals surface area (Å²) in [6.45, 7) is 0.627. The molecular weight excluding hydrogens is 483 g/mol. The van der Waals surface area contributed by atoms with Crippen molar-refractivity contribution in [3.8, 4) is 0 Å². The molecule has 0 bridgehead atoms. The van der Waals surface area contributed by atoms with Gasteiger partial charge in [0.2, 0.25) is 5.52 Å². The lowest BCUT2D eigenvalue weighted by molar-refractivity contribution is -0.642. The number of halogens is 2. The molecule has 0 spiro atoms. The minimum atomic E-state index is -3.95. The van der Waals surface area contributed by atoms with Crippen LogP contribution >= 0.6 is 46.3 Å². The van der Waals surface area contributed by atoms with E-state index >= 15 is 0 Å². The molecule has 5 nitrogen and oxygen atoms in total. The molecule has 0 unspecified atom stereocenters. The first-order chi connectivity index (χ1) is 14.2. The lowest BCUT2D eigenvalue weighted by Crippen LogP contribution is -2.29. The Morgan fingerprint density at radius 3 is 2.63 bits per heavy atom. The number of aryl methyl sites for hydroxylation is 1. The van der Waals surface area contributed by atoms with Gasteiger partial charge in [0.1, 0.15) is 11.7 Å². The monoisotopic (exact) mass is 501 g/mol. The van der Waals surface area contributed by atoms with Crippen LogP contribution in [0.3, 0.4) is 0 Å². The van der Waals surface area contributed by atoms with Gasteiger partial charge >= 0.3 is 0 Å². The number of rotatable bonds is 6. The van der Waals surface area contributed by atoms with E-state index in [2.05, 4.69) is 15.5 Å². The Morgan fingerprint density at radius 2 is 1.87 bits per heavy atom. The van der Waals surface area contributed by atoms with Gasteiger partial charge in [-0.3, -0.25) is 4.55 Å². The van der Waals surface area contributed by atoms with Crippen LogP contribution in [0.25, 0.3) is 16.3 Å². The van der Waals surface area contributed by atoms with Crippen molar-refractivity contribution in [1.82, 2.24) is 0 Å². The number of thioether (sulfide) groups is 1. The Morgan fingerprint density at radius 1 is 1.13 bits per heavy atom. The van der Waals surface area contributed by atoms with Gasteiger partial charge < -0.3 is 4.90 Å². The quantitative estimate of drug-likeness (QED) is 0.270. The zero-order valence-corrected chi connectivity index (χ0v) is 20.0. The summed E-state index contributed by atoms with van der Waals surface area (Å²) in [6.07, 6.45) is 3.15. The van der Waals surface area contributed by atoms with Crippen LogP contribution in [0.1, 0.15) is 17.8 Å². The van der Waals surface area contributed by atoms with Gasteiger partial charge in [-0.1, -0.05) is 46.3 Å². The van der Waals surface area contributed by atoms with Gasteiger partial charge in [0.15, 0.2) is 0 Å². The molecule has 3 aromatic rings. The Balaban J connectivity index is 1.66. The maximum absolute atomic E-state index is 11.0. The van der Waals surface area contributed by atoms with Crippen molar-refractivity contribution in [2.45, 2.75) is 17.7 Å². The Labute approximate surface area is 193 Å². The summed E-state index contributed by atoms with van der Waals surface area (Å²) in [7, 11) is -1.93. The molecule has 158 valence electrons. The highest BCUT2D eigenvalue weighted by molar-refractivity contribution is 8.03. The van der Waals surface area contributed by atoms with Crippen molar-refractivity contribution in [3.05, 3.63) is 56.5 Å². The van der Waals surface area contributed by atoms with Crippen LogP contribution in [0.5, 0.6) is 0 Å². The summed E-state index contributed by atoms with van der Waals surface area (Å²) in [4.78, 5) is 3.26. The fourth-order valence-corrected chi connectivity index (χ4v) is 6.49. The van der Waals surface area contributed by atoms with E-state index in [1.807, 2.05) is 43.4 Å². The number of aromatic nitrogens is 1. The Hall–Kier alpha value is -1.29. The number of thiazole rings is 1. The van der Waals surface area contributed by atoms with Crippen molar-refractivity contribution >= 4 is 78.4 Å². The average Bonchev–Trinajstić information content (AvgIpc) is 3.16. The van der Waals surface area contributed by atoms with E-state index in [0.29, 0.717) is 29.4 Å². The lowest BCUT2D eigenvalue weighted by atomic mass is 10.2. The maximum Gasteiger partial charge on any atom is 0.265 e. The molecule has 1 N–H and O–H groups in total. The van der Waals surface area contributed by atoms with Crippen molar-refractivity contribution in [3.63, 3.8) is 0 Å². The molecule has 0 amide bonds. The highest BCUT2D eigenvalue weighted by Crippen LogP contribution is 2.47. The topological polar surface area (TPSA) is 61.5 Å². The van der Waals surface area contributed by atoms with Crippen LogP contribution in [0.15, 0.2) is 46.3 Å². The van der Waals surface area contributed by atoms with Crippen LogP contribution in [0.2, 0.25) is 10.0 Å². The van der Waals surface area contributed by atoms with E-state index in [4.69, 9.17) is 27.8 Å². The smallest absolute Gasteiger partial charge is 0.265 e. The fraction of sp³-hybridized carbons (Fsp3) is 0.250. The highest BCUT2D eigenvalue weighted by Gasteiger charge is 2.27. The van der Waals surface area contributed by atoms with Crippen LogP contribution in [-0.4, -0.2) is 25.3 Å². The van der Waals surface area contributed by atoms with Gasteiger partial charge in [-0.05, 0) is 43.2 Å². The fourth-order valence-electron chi connectivity index (χ4n) is 3.34. The van der Waals surface area contributed by atoms with E-state index in [9.17, 15) is 8.42 Å². The number of fused-ring (bicyclic) bond motifs is 2. The molecule has 0 fully saturated rings. The van der Waals surface area contributed by atoms with Crippen LogP contribution in [0, 0.1) is 0 Å². The lowest BCUT2D eigenvalue weighted by Gasteiger charge is -2.20. The van der Waals surface area contributed by atoms with Crippen molar-refractivity contribution in [2.24, 2.45) is 7.05 Å². The zero-order valence-electron chi connectivity index (χ0n) is 16.0. The summed E-state index contributed by atoms with van der Waals surface area (Å²) in [5, 5.41) is 3.48. The number of anilines is 1. The summed E-state index contributed by atoms with van der Waals surface area (Å²) >= 11 is 15.7. The third kappa shape index (κ3) is 4.79. The number of nitrogens with zero attached hydrogens (tertiary/aromatic N) is 2. The standard InChI is InChI=1S/C20H18Cl2N2O3S3/c1-23-15-10-13(21)4-6-17(15)28-19(23)12-20-24(8-2-3-9-30(25,26)27)16-11-14(22)5-7-18(16)29-20/h4-7,10-12H,2-3,8-9H2,1H3/p+1. The molecule has 0 atom stereocenters. The largest absolute Gasteiger partial charge is 0.335 e. The van der Waals surface area contributed by atoms with E-state index in [1.54, 1.807) is 23.1 Å². The molecule has 1 aliphatic rings. The second kappa shape index (κ2) is 8.68. The van der Waals surface area contributed by atoms with E-state index in [1.165, 1.54) is 0 Å². The molecular formula is C20H19Cl2N2O3S3+. The van der Waals surface area contributed by atoms with Crippen molar-refractivity contribution in [1.29, 1.82) is 0 Å². The summed E-state index contributed by atoms with van der Waals surface area (Å²) in [5.41, 5.74) is 2.08. The third-order valence-electron chi connectivity index (χ3n) is 4.80. The number of benzene rings is 2. The summed E-state index contributed by atoms with van der Waals surface area (Å²) in [6, 6.07) is 11.7. The number of unbranched alkanes of at least 4 members (excludes halogenated alkanes) is 1. The highest BCUT2D eigenvalue weighted by atomic mass is 35.5. The van der Waals surface area contributed by atoms with Crippen LogP contribution < -0.4 is 9.47 Å². The van der Waals surface area contributed by atoms with Gasteiger partial charge in [0, 0.05) is 27.6 Å². The molecule has 0 saturated carbocycles. The first kappa shape index (κ1) is 21.9. The van der Waals surface area contributed by atoms with Gasteiger partial charge in [0.05, 0.1) is 22.5 Å². The zero-order chi connectivity index (χ0) is 21.5. The summed E-state index contributed by atoms with van der Waals surface area (Å²) in [5.74, 6) is -0.235. The first-order valence-electron chi connectivity index (χ1n) is 9.21. The number of hydrogen-bond acceptors (Lipinski definition) is 5. The van der Waals surface area contributed by atoms with Gasteiger partial charge in [-0.2, -0.15) is 13.0 Å². The molecule has 4 rings (SSSR count). The molecule has 2 heterocycles. The molecule has 1 aliphatic heterocycles. The second-order valence-electron chi connectivity index (χ2n) is 6.95. The van der Waals surface area contributed by atoms with Crippen LogP contribution in [0.4, 0.5) is 5.69 Å². The first-order valence-corrected chi connectivity index (χ1v) is 13.2. The van der Waals surface area contributed by atoms with Gasteiger partial charge in [-0.25, -0.2) is 0 Å². The van der Waals surface area contributed by atoms with Crippen LogP contribution in [-0.2, 0) is 17.2 Å². The minimum absolute atomic E-state index is 0.235. The van der Waals surface area contributed by atoms with E-state index in [-0.39, 0.29) is 5.75 Å². The normalized spacial score (nSPS) is 15.3. The third-order valence-corrected chi connectivity index (χ3v) is 8.35. The molecule has 30 heavy (non-hydrogen) atoms. The van der Waals surface area contributed by atoms with E-state index < -0.39 is 10.1 Å². The predicted octanol–water partition coefficient (Wildman–Crippen LogP) is 5.61. The Bertz CT molecular complexity index is 1260. The summed E-state index contributed by atoms with van der Waals surface area (Å²) < 4.78 is 34.3. The maximum atomic E-state index is 11.0. The molecule has 0 saturated heterocycles. The van der Waals surface area contributed by atoms with Crippen molar-refractivity contribution in [2.75, 3.05) is 17.2 Å². The van der Waals surface area contributed by atoms with Gasteiger partial charge in [0.25, 0.3) is 15.1 Å². The minimum Gasteiger partial charge on any atom is -0.335 e.